The summed E-state index contributed by atoms with van der Waals surface area (Å²) in [6.07, 6.45) is 0.537. The van der Waals surface area contributed by atoms with Crippen LogP contribution in [0.1, 0.15) is 42.7 Å². The monoisotopic (exact) mass is 466 g/mol. The van der Waals surface area contributed by atoms with Gasteiger partial charge in [0.2, 0.25) is 5.91 Å². The zero-order chi connectivity index (χ0) is 24.2. The van der Waals surface area contributed by atoms with Crippen LogP contribution in [0.4, 0.5) is 4.79 Å². The van der Waals surface area contributed by atoms with Crippen LogP contribution in [-0.4, -0.2) is 65.4 Å². The third-order valence-corrected chi connectivity index (χ3v) is 6.82. The molecule has 1 fully saturated rings. The number of carbonyl (C=O) groups excluding carboxylic acids is 2. The van der Waals surface area contributed by atoms with Crippen LogP contribution in [-0.2, 0) is 14.3 Å². The highest BCUT2D eigenvalue weighted by atomic mass is 16.5. The number of nitrogens with one attached hydrogen (secondary N) is 1. The summed E-state index contributed by atoms with van der Waals surface area (Å²) in [5.41, 5.74) is 4.32. The molecule has 0 radical (unpaired) electrons. The topological polar surface area (TPSA) is 116 Å². The minimum Gasteiger partial charge on any atom is -0.481 e. The normalized spacial score (nSPS) is 19.7. The molecule has 2 aliphatic carbocycles. The van der Waals surface area contributed by atoms with E-state index in [1.54, 1.807) is 7.05 Å². The molecule has 34 heavy (non-hydrogen) atoms. The van der Waals surface area contributed by atoms with E-state index in [4.69, 9.17) is 4.74 Å². The largest absolute Gasteiger partial charge is 0.481 e. The number of benzene rings is 2. The average Bonchev–Trinajstić information content (AvgIpc) is 3.37. The lowest BCUT2D eigenvalue weighted by Crippen LogP contribution is -2.50. The molecule has 8 heteroatoms. The van der Waals surface area contributed by atoms with E-state index in [2.05, 4.69) is 5.32 Å². The number of carbonyl (C=O) groups is 3. The fraction of sp³-hybridized carbons (Fsp3) is 0.423. The maximum Gasteiger partial charge on any atom is 0.407 e. The summed E-state index contributed by atoms with van der Waals surface area (Å²) in [6.45, 7) is 0.375. The summed E-state index contributed by atoms with van der Waals surface area (Å²) in [5.74, 6) is -1.91. The van der Waals surface area contributed by atoms with Crippen LogP contribution < -0.4 is 5.32 Å². The van der Waals surface area contributed by atoms with Crippen molar-refractivity contribution in [3.8, 4) is 11.1 Å². The molecule has 2 aromatic rings. The molecule has 0 heterocycles. The van der Waals surface area contributed by atoms with Gasteiger partial charge in [0, 0.05) is 25.4 Å². The van der Waals surface area contributed by atoms with Gasteiger partial charge < -0.3 is 25.2 Å². The molecule has 0 aromatic heterocycles. The van der Waals surface area contributed by atoms with Crippen LogP contribution >= 0.6 is 0 Å². The number of amides is 2. The van der Waals surface area contributed by atoms with Gasteiger partial charge in [-0.05, 0) is 35.1 Å². The molecule has 8 nitrogen and oxygen atoms in total. The molecule has 180 valence electrons. The lowest BCUT2D eigenvalue weighted by molar-refractivity contribution is -0.142. The van der Waals surface area contributed by atoms with Crippen LogP contribution in [0, 0.1) is 5.92 Å². The second-order valence-corrected chi connectivity index (χ2v) is 9.10. The van der Waals surface area contributed by atoms with Crippen molar-refractivity contribution in [3.05, 3.63) is 59.7 Å². The molecular formula is C26H30N2O6. The van der Waals surface area contributed by atoms with E-state index in [1.165, 1.54) is 4.90 Å². The highest BCUT2D eigenvalue weighted by Gasteiger charge is 2.33. The van der Waals surface area contributed by atoms with E-state index in [1.807, 2.05) is 48.5 Å². The fourth-order valence-electron chi connectivity index (χ4n) is 5.10. The van der Waals surface area contributed by atoms with Crippen LogP contribution in [0.25, 0.3) is 11.1 Å². The van der Waals surface area contributed by atoms with E-state index >= 15 is 0 Å². The van der Waals surface area contributed by atoms with Crippen LogP contribution in [0.3, 0.4) is 0 Å². The van der Waals surface area contributed by atoms with Gasteiger partial charge in [-0.1, -0.05) is 55.0 Å². The minimum absolute atomic E-state index is 0.0473. The first-order chi connectivity index (χ1) is 16.3. The van der Waals surface area contributed by atoms with E-state index in [9.17, 15) is 24.6 Å². The quantitative estimate of drug-likeness (QED) is 0.551. The molecule has 3 N–H and O–H groups in total. The number of alkyl carbamates (subject to hydrolysis) is 1. The second kappa shape index (κ2) is 10.3. The SMILES string of the molecule is CN(CC1CCCC1O)C(=O)C(CC(=O)O)NC(=O)OCC1c2ccccc2-c2ccccc21. The van der Waals surface area contributed by atoms with Gasteiger partial charge in [0.25, 0.3) is 0 Å². The third-order valence-electron chi connectivity index (χ3n) is 6.82. The zero-order valence-electron chi connectivity index (χ0n) is 19.1. The number of carboxylic acid groups (broad SMARTS) is 1. The van der Waals surface area contributed by atoms with E-state index in [0.29, 0.717) is 13.0 Å². The van der Waals surface area contributed by atoms with Gasteiger partial charge >= 0.3 is 12.1 Å². The molecule has 3 unspecified atom stereocenters. The molecule has 3 atom stereocenters. The zero-order valence-corrected chi connectivity index (χ0v) is 19.1. The maximum absolute atomic E-state index is 12.9. The first kappa shape index (κ1) is 23.8. The number of hydrogen-bond donors (Lipinski definition) is 3. The van der Waals surface area contributed by atoms with Gasteiger partial charge in [0.05, 0.1) is 12.5 Å². The van der Waals surface area contributed by atoms with Gasteiger partial charge in [-0.3, -0.25) is 9.59 Å². The van der Waals surface area contributed by atoms with Crippen LogP contribution in [0.5, 0.6) is 0 Å². The molecule has 4 rings (SSSR count). The van der Waals surface area contributed by atoms with E-state index in [0.717, 1.165) is 35.1 Å². The molecule has 0 saturated heterocycles. The van der Waals surface area contributed by atoms with Gasteiger partial charge in [-0.15, -0.1) is 0 Å². The number of ether oxygens (including phenoxy) is 1. The average molecular weight is 467 g/mol. The van der Waals surface area contributed by atoms with Gasteiger partial charge in [0.15, 0.2) is 0 Å². The molecule has 0 spiro atoms. The summed E-state index contributed by atoms with van der Waals surface area (Å²) >= 11 is 0. The Bertz CT molecular complexity index is 1030. The molecule has 1 saturated carbocycles. The predicted molar refractivity (Wildman–Crippen MR) is 125 cm³/mol. The Morgan fingerprint density at radius 3 is 2.24 bits per heavy atom. The number of carboxylic acids is 1. The van der Waals surface area contributed by atoms with Gasteiger partial charge in [-0.25, -0.2) is 4.79 Å². The Kier molecular flexibility index (Phi) is 7.17. The van der Waals surface area contributed by atoms with Crippen molar-refractivity contribution in [1.82, 2.24) is 10.2 Å². The number of likely N-dealkylation sites (N-methyl/N-ethyl adjacent to an activating group) is 1. The Morgan fingerprint density at radius 1 is 1.06 bits per heavy atom. The lowest BCUT2D eigenvalue weighted by Gasteiger charge is -2.27. The fourth-order valence-corrected chi connectivity index (χ4v) is 5.10. The Hall–Kier alpha value is -3.39. The maximum atomic E-state index is 12.9. The number of aliphatic hydroxyl groups excluding tert-OH is 1. The standard InChI is InChI=1S/C26H30N2O6/c1-28(14-16-7-6-12-23(16)29)25(32)22(13-24(30)31)27-26(33)34-15-21-19-10-4-2-8-17(19)18-9-3-5-11-20(18)21/h2-5,8-11,16,21-23,29H,6-7,12-15H2,1H3,(H,27,33)(H,30,31). The van der Waals surface area contributed by atoms with Crippen molar-refractivity contribution < 1.29 is 29.3 Å². The van der Waals surface area contributed by atoms with Crippen molar-refractivity contribution >= 4 is 18.0 Å². The minimum atomic E-state index is -1.25. The Morgan fingerprint density at radius 2 is 1.68 bits per heavy atom. The molecule has 2 amide bonds. The molecule has 0 bridgehead atoms. The number of fused-ring (bicyclic) bond motifs is 3. The van der Waals surface area contributed by atoms with Crippen molar-refractivity contribution in [1.29, 1.82) is 0 Å². The number of hydrogen-bond acceptors (Lipinski definition) is 5. The van der Waals surface area contributed by atoms with Crippen molar-refractivity contribution in [2.75, 3.05) is 20.2 Å². The molecular weight excluding hydrogens is 436 g/mol. The number of aliphatic hydroxyl groups is 1. The van der Waals surface area contributed by atoms with Crippen LogP contribution in [0.15, 0.2) is 48.5 Å². The first-order valence-corrected chi connectivity index (χ1v) is 11.6. The second-order valence-electron chi connectivity index (χ2n) is 9.10. The lowest BCUT2D eigenvalue weighted by atomic mass is 9.98. The van der Waals surface area contributed by atoms with Crippen molar-refractivity contribution in [2.45, 2.75) is 43.7 Å². The first-order valence-electron chi connectivity index (χ1n) is 11.6. The summed E-state index contributed by atoms with van der Waals surface area (Å²) in [6, 6.07) is 14.6. The highest BCUT2D eigenvalue weighted by molar-refractivity contribution is 5.89. The van der Waals surface area contributed by atoms with E-state index in [-0.39, 0.29) is 18.4 Å². The summed E-state index contributed by atoms with van der Waals surface area (Å²) < 4.78 is 5.48. The number of aliphatic carboxylic acids is 1. The smallest absolute Gasteiger partial charge is 0.407 e. The van der Waals surface area contributed by atoms with Crippen molar-refractivity contribution in [3.63, 3.8) is 0 Å². The van der Waals surface area contributed by atoms with Crippen LogP contribution in [0.2, 0.25) is 0 Å². The summed E-state index contributed by atoms with van der Waals surface area (Å²) in [5, 5.41) is 21.8. The molecule has 0 aliphatic heterocycles. The third kappa shape index (κ3) is 5.07. The van der Waals surface area contributed by atoms with E-state index < -0.39 is 36.5 Å². The van der Waals surface area contributed by atoms with Crippen molar-refractivity contribution in [2.24, 2.45) is 5.92 Å². The number of nitrogens with zero attached hydrogens (tertiary/aromatic N) is 1. The predicted octanol–water partition coefficient (Wildman–Crippen LogP) is 2.99. The molecule has 2 aromatic carbocycles. The van der Waals surface area contributed by atoms with Gasteiger partial charge in [0.1, 0.15) is 12.6 Å². The Labute approximate surface area is 198 Å². The summed E-state index contributed by atoms with van der Waals surface area (Å²) in [7, 11) is 1.56. The Balaban J connectivity index is 1.40. The number of rotatable bonds is 8. The highest BCUT2D eigenvalue weighted by Crippen LogP contribution is 2.44. The molecule has 2 aliphatic rings. The van der Waals surface area contributed by atoms with Gasteiger partial charge in [-0.2, -0.15) is 0 Å². The summed E-state index contributed by atoms with van der Waals surface area (Å²) in [4.78, 5) is 38.2.